The van der Waals surface area contributed by atoms with Crippen molar-refractivity contribution < 1.29 is 31.5 Å². The highest BCUT2D eigenvalue weighted by Gasteiger charge is 2.33. The number of aryl methyl sites for hydroxylation is 1. The second-order valence-corrected chi connectivity index (χ2v) is 15.0. The molecular weight excluding hydrogens is 674 g/mol. The topological polar surface area (TPSA) is 119 Å². The normalized spacial score (nSPS) is 16.1. The number of ether oxygens (including phenoxy) is 2. The number of pyridine rings is 1. The average Bonchev–Trinajstić information content (AvgIpc) is 3.71. The minimum Gasteiger partial charge on any atom is -0.466 e. The van der Waals surface area contributed by atoms with Crippen LogP contribution in [-0.2, 0) is 14.8 Å². The quantitative estimate of drug-likeness (QED) is 0.208. The number of amides is 1. The molecule has 13 heteroatoms. The van der Waals surface area contributed by atoms with Gasteiger partial charge in [-0.3, -0.25) is 14.0 Å². The lowest BCUT2D eigenvalue weighted by Gasteiger charge is -2.35. The predicted octanol–water partition coefficient (Wildman–Crippen LogP) is 6.21. The Morgan fingerprint density at radius 2 is 1.80 bits per heavy atom. The van der Waals surface area contributed by atoms with Crippen LogP contribution in [-0.4, -0.2) is 82.0 Å². The number of fused-ring (bicyclic) bond motifs is 6. The molecule has 0 bridgehead atoms. The molecule has 2 aliphatic heterocycles. The summed E-state index contributed by atoms with van der Waals surface area (Å²) in [5.41, 5.74) is 5.41. The van der Waals surface area contributed by atoms with Crippen molar-refractivity contribution in [3.63, 3.8) is 0 Å². The number of furan rings is 1. The zero-order valence-corrected chi connectivity index (χ0v) is 29.4. The smallest absolute Gasteiger partial charge is 0.255 e. The predicted molar refractivity (Wildman–Crippen MR) is 194 cm³/mol. The van der Waals surface area contributed by atoms with E-state index in [1.165, 1.54) is 13.1 Å². The van der Waals surface area contributed by atoms with Crippen LogP contribution in [0.15, 0.2) is 77.2 Å². The van der Waals surface area contributed by atoms with Crippen molar-refractivity contribution in [2.75, 3.05) is 57.5 Å². The van der Waals surface area contributed by atoms with Gasteiger partial charge in [-0.25, -0.2) is 17.8 Å². The molecule has 51 heavy (non-hydrogen) atoms. The van der Waals surface area contributed by atoms with Crippen molar-refractivity contribution >= 4 is 43.5 Å². The summed E-state index contributed by atoms with van der Waals surface area (Å²) in [6, 6.07) is 21.3. The average molecular weight is 710 g/mol. The fraction of sp³-hybridized carbons (Fsp3) is 0.263. The minimum absolute atomic E-state index is 0.304. The van der Waals surface area contributed by atoms with Crippen molar-refractivity contribution in [1.82, 2.24) is 19.8 Å². The van der Waals surface area contributed by atoms with Crippen molar-refractivity contribution in [3.8, 4) is 39.7 Å². The first-order valence-corrected chi connectivity index (χ1v) is 18.5. The van der Waals surface area contributed by atoms with E-state index in [0.29, 0.717) is 92.6 Å². The molecule has 2 aliphatic rings. The third-order valence-electron chi connectivity index (χ3n) is 9.69. The lowest BCUT2D eigenvalue weighted by atomic mass is 10.00. The molecule has 1 unspecified atom stereocenters. The molecule has 0 aliphatic carbocycles. The van der Waals surface area contributed by atoms with Gasteiger partial charge in [0.25, 0.3) is 5.91 Å². The van der Waals surface area contributed by atoms with Gasteiger partial charge >= 0.3 is 0 Å². The molecule has 1 amide bonds. The number of halogens is 1. The zero-order chi connectivity index (χ0) is 35.6. The van der Waals surface area contributed by atoms with Crippen molar-refractivity contribution in [1.29, 1.82) is 0 Å². The fourth-order valence-corrected chi connectivity index (χ4v) is 7.45. The van der Waals surface area contributed by atoms with Crippen LogP contribution in [0.1, 0.15) is 22.1 Å². The summed E-state index contributed by atoms with van der Waals surface area (Å²) in [4.78, 5) is 20.8. The number of hydrogen-bond donors (Lipinski definition) is 1. The van der Waals surface area contributed by atoms with Crippen LogP contribution in [0.5, 0.6) is 5.75 Å². The summed E-state index contributed by atoms with van der Waals surface area (Å²) < 4.78 is 62.9. The molecule has 0 radical (unpaired) electrons. The molecule has 262 valence electrons. The van der Waals surface area contributed by atoms with Gasteiger partial charge in [0, 0.05) is 55.2 Å². The van der Waals surface area contributed by atoms with Crippen LogP contribution in [0.4, 0.5) is 10.1 Å². The van der Waals surface area contributed by atoms with Crippen molar-refractivity contribution in [3.05, 3.63) is 89.7 Å². The van der Waals surface area contributed by atoms with Gasteiger partial charge in [0.2, 0.25) is 10.0 Å². The number of sulfonamides is 1. The van der Waals surface area contributed by atoms with Gasteiger partial charge in [-0.05, 0) is 43.3 Å². The van der Waals surface area contributed by atoms with E-state index in [1.54, 1.807) is 37.4 Å². The number of carbonyl (C=O) groups is 1. The monoisotopic (exact) mass is 709 g/mol. The number of carbonyl (C=O) groups excluding carboxylic acids is 1. The van der Waals surface area contributed by atoms with Gasteiger partial charge in [0.1, 0.15) is 28.6 Å². The fourth-order valence-electron chi connectivity index (χ4n) is 6.94. The summed E-state index contributed by atoms with van der Waals surface area (Å²) in [7, 11) is -0.737. The number of nitrogens with zero attached hydrogens (tertiary/aromatic N) is 4. The Morgan fingerprint density at radius 3 is 2.53 bits per heavy atom. The van der Waals surface area contributed by atoms with Crippen molar-refractivity contribution in [2.45, 2.75) is 13.2 Å². The van der Waals surface area contributed by atoms with Gasteiger partial charge in [0.05, 0.1) is 54.2 Å². The van der Waals surface area contributed by atoms with Gasteiger partial charge in [-0.2, -0.15) is 0 Å². The van der Waals surface area contributed by atoms with Crippen LogP contribution in [0, 0.1) is 12.7 Å². The van der Waals surface area contributed by atoms with Crippen LogP contribution < -0.4 is 14.4 Å². The summed E-state index contributed by atoms with van der Waals surface area (Å²) in [5, 5.41) is 3.66. The molecule has 11 nitrogen and oxygen atoms in total. The number of morpholine rings is 1. The molecule has 5 heterocycles. The molecule has 1 saturated heterocycles. The van der Waals surface area contributed by atoms with E-state index in [2.05, 4.69) is 10.2 Å². The second-order valence-electron chi connectivity index (χ2n) is 12.9. The molecule has 6 aromatic rings. The first-order valence-electron chi connectivity index (χ1n) is 16.6. The van der Waals surface area contributed by atoms with Gasteiger partial charge in [-0.15, -0.1) is 0 Å². The number of rotatable bonds is 7. The SMILES string of the molecule is CNC(=O)c1c(-c2ccc(C)cc2)oc2cc(N(C)S(C)(=O)=O)c(-c3ccc4c(n3)-c3cc5c(F)cccc5n3C(CN3CCOCC3)O4)cc12. The highest BCUT2D eigenvalue weighted by Crippen LogP contribution is 2.45. The third-order valence-corrected chi connectivity index (χ3v) is 10.9. The van der Waals surface area contributed by atoms with Gasteiger partial charge in [-0.1, -0.05) is 35.9 Å². The van der Waals surface area contributed by atoms with E-state index in [1.807, 2.05) is 47.9 Å². The van der Waals surface area contributed by atoms with Crippen LogP contribution in [0.3, 0.4) is 0 Å². The molecule has 1 N–H and O–H groups in total. The van der Waals surface area contributed by atoms with E-state index in [0.717, 1.165) is 29.2 Å². The number of hydrogen-bond acceptors (Lipinski definition) is 8. The van der Waals surface area contributed by atoms with Gasteiger partial charge in [0.15, 0.2) is 6.23 Å². The summed E-state index contributed by atoms with van der Waals surface area (Å²) in [6.07, 6.45) is 0.661. The first kappa shape index (κ1) is 32.9. The lowest BCUT2D eigenvalue weighted by Crippen LogP contribution is -2.41. The Balaban J connectivity index is 1.33. The Bertz CT molecular complexity index is 2450. The summed E-state index contributed by atoms with van der Waals surface area (Å²) >= 11 is 0. The lowest BCUT2D eigenvalue weighted by molar-refractivity contribution is 0.00441. The second kappa shape index (κ2) is 12.5. The Labute approximate surface area is 294 Å². The highest BCUT2D eigenvalue weighted by molar-refractivity contribution is 7.92. The van der Waals surface area contributed by atoms with Crippen LogP contribution >= 0.6 is 0 Å². The molecular formula is C38H36FN5O6S. The maximum absolute atomic E-state index is 15.3. The molecule has 1 fully saturated rings. The van der Waals surface area contributed by atoms with Gasteiger partial charge < -0.3 is 23.8 Å². The maximum atomic E-state index is 15.3. The number of nitrogens with one attached hydrogen (secondary N) is 1. The van der Waals surface area contributed by atoms with E-state index in [9.17, 15) is 13.2 Å². The minimum atomic E-state index is -3.75. The molecule has 8 rings (SSSR count). The zero-order valence-electron chi connectivity index (χ0n) is 28.6. The third kappa shape index (κ3) is 5.71. The van der Waals surface area contributed by atoms with Crippen molar-refractivity contribution in [2.24, 2.45) is 0 Å². The molecule has 0 saturated carbocycles. The van der Waals surface area contributed by atoms with E-state index >= 15 is 4.39 Å². The Kier molecular flexibility index (Phi) is 8.08. The van der Waals surface area contributed by atoms with E-state index < -0.39 is 16.3 Å². The first-order chi connectivity index (χ1) is 24.5. The standard InChI is InChI=1S/C38H36FN5O6S/c1-22-8-10-23(11-9-22)37-35(38(45)40-2)26-18-25(30(20-33(26)50-37)42(3)51(4,46)47)28-12-13-32-36(41-28)31-19-24-27(39)6-5-7-29(24)44(31)34(49-32)21-43-14-16-48-17-15-43/h5-13,18-20,34H,14-17,21H2,1-4H3,(H,40,45). The summed E-state index contributed by atoms with van der Waals surface area (Å²) in [5.74, 6) is 0.164. The van der Waals surface area contributed by atoms with Crippen LogP contribution in [0.2, 0.25) is 0 Å². The maximum Gasteiger partial charge on any atom is 0.255 e. The molecule has 3 aromatic carbocycles. The van der Waals surface area contributed by atoms with E-state index in [4.69, 9.17) is 18.9 Å². The highest BCUT2D eigenvalue weighted by atomic mass is 32.2. The van der Waals surface area contributed by atoms with Crippen LogP contribution in [0.25, 0.3) is 55.8 Å². The number of aromatic nitrogens is 2. The number of benzene rings is 3. The largest absolute Gasteiger partial charge is 0.466 e. The van der Waals surface area contributed by atoms with E-state index in [-0.39, 0.29) is 11.7 Å². The summed E-state index contributed by atoms with van der Waals surface area (Å²) in [6.45, 7) is 5.29. The Morgan fingerprint density at radius 1 is 1.04 bits per heavy atom. The number of anilines is 1. The molecule has 0 spiro atoms. The molecule has 3 aromatic heterocycles. The Hall–Kier alpha value is -5.24. The molecule has 1 atom stereocenters.